The van der Waals surface area contributed by atoms with Gasteiger partial charge in [-0.15, -0.1) is 0 Å². The van der Waals surface area contributed by atoms with Crippen LogP contribution in [-0.4, -0.2) is 30.2 Å². The maximum atomic E-state index is 12.0. The number of sulfone groups is 1. The molecule has 0 aliphatic heterocycles. The molecule has 6 heteroatoms. The Hall–Kier alpha value is -1.43. The van der Waals surface area contributed by atoms with Crippen LogP contribution in [0.25, 0.3) is 0 Å². The summed E-state index contributed by atoms with van der Waals surface area (Å²) < 4.78 is 24.1. The number of carboxylic acid groups (broad SMARTS) is 1. The molecule has 1 N–H and O–H groups in total. The summed E-state index contributed by atoms with van der Waals surface area (Å²) in [6, 6.07) is 3.11. The third-order valence-electron chi connectivity index (χ3n) is 3.45. The molecule has 0 bridgehead atoms. The highest BCUT2D eigenvalue weighted by Gasteiger charge is 2.37. The molecule has 2 rings (SSSR count). The first-order valence-corrected chi connectivity index (χ1v) is 7.93. The topological polar surface area (TPSA) is 84.3 Å². The van der Waals surface area contributed by atoms with E-state index in [1.54, 1.807) is 6.07 Å². The largest absolute Gasteiger partial charge is 0.481 e. The van der Waals surface area contributed by atoms with Gasteiger partial charge in [0, 0.05) is 12.6 Å². The maximum absolute atomic E-state index is 12.0. The van der Waals surface area contributed by atoms with E-state index in [1.165, 1.54) is 12.3 Å². The summed E-state index contributed by atoms with van der Waals surface area (Å²) in [6.07, 6.45) is 2.80. The number of aryl methyl sites for hydroxylation is 1. The molecule has 1 aliphatic rings. The van der Waals surface area contributed by atoms with Gasteiger partial charge in [0.1, 0.15) is 0 Å². The molecule has 1 saturated carbocycles. The van der Waals surface area contributed by atoms with Crippen molar-refractivity contribution in [2.24, 2.45) is 11.8 Å². The molecule has 2 unspecified atom stereocenters. The first-order valence-electron chi connectivity index (χ1n) is 6.28. The molecular weight excluding hydrogens is 266 g/mol. The van der Waals surface area contributed by atoms with Gasteiger partial charge in [0.15, 0.2) is 14.9 Å². The van der Waals surface area contributed by atoms with Crippen LogP contribution in [0.5, 0.6) is 0 Å². The van der Waals surface area contributed by atoms with Crippen molar-refractivity contribution < 1.29 is 18.3 Å². The standard InChI is InChI=1S/C13H17NO4S/c1-9-6-11(9)8-19(17,18)12-4-2-10(7-14-12)3-5-13(15)16/h2,4,7,9,11H,3,5-6,8H2,1H3,(H,15,16). The van der Waals surface area contributed by atoms with Crippen LogP contribution >= 0.6 is 0 Å². The fraction of sp³-hybridized carbons (Fsp3) is 0.538. The third-order valence-corrected chi connectivity index (χ3v) is 5.20. The van der Waals surface area contributed by atoms with Gasteiger partial charge < -0.3 is 5.11 Å². The van der Waals surface area contributed by atoms with Crippen LogP contribution in [0, 0.1) is 11.8 Å². The summed E-state index contributed by atoms with van der Waals surface area (Å²) >= 11 is 0. The zero-order valence-corrected chi connectivity index (χ0v) is 11.6. The monoisotopic (exact) mass is 283 g/mol. The molecule has 1 fully saturated rings. The quantitative estimate of drug-likeness (QED) is 0.855. The van der Waals surface area contributed by atoms with E-state index in [0.717, 1.165) is 12.0 Å². The Morgan fingerprint density at radius 3 is 2.63 bits per heavy atom. The highest BCUT2D eigenvalue weighted by atomic mass is 32.2. The Balaban J connectivity index is 2.02. The number of aromatic nitrogens is 1. The number of hydrogen-bond donors (Lipinski definition) is 1. The smallest absolute Gasteiger partial charge is 0.303 e. The summed E-state index contributed by atoms with van der Waals surface area (Å²) in [5.74, 6) is 0.0397. The van der Waals surface area contributed by atoms with E-state index in [2.05, 4.69) is 4.98 Å². The molecule has 104 valence electrons. The van der Waals surface area contributed by atoms with E-state index in [4.69, 9.17) is 5.11 Å². The fourth-order valence-corrected chi connectivity index (χ4v) is 3.68. The number of nitrogens with zero attached hydrogens (tertiary/aromatic N) is 1. The first-order chi connectivity index (χ1) is 8.88. The molecule has 1 aromatic rings. The van der Waals surface area contributed by atoms with Crippen LogP contribution in [0.3, 0.4) is 0 Å². The lowest BCUT2D eigenvalue weighted by atomic mass is 10.2. The van der Waals surface area contributed by atoms with E-state index < -0.39 is 15.8 Å². The second-order valence-electron chi connectivity index (χ2n) is 5.15. The van der Waals surface area contributed by atoms with Gasteiger partial charge in [-0.1, -0.05) is 13.0 Å². The number of rotatable bonds is 6. The van der Waals surface area contributed by atoms with Crippen LogP contribution in [0.15, 0.2) is 23.4 Å². The van der Waals surface area contributed by atoms with Gasteiger partial charge in [0.2, 0.25) is 0 Å². The van der Waals surface area contributed by atoms with Crippen molar-refractivity contribution in [3.63, 3.8) is 0 Å². The molecule has 0 radical (unpaired) electrons. The van der Waals surface area contributed by atoms with E-state index in [1.807, 2.05) is 6.92 Å². The minimum absolute atomic E-state index is 0.0212. The van der Waals surface area contributed by atoms with Gasteiger partial charge in [-0.05, 0) is 36.3 Å². The van der Waals surface area contributed by atoms with Crippen LogP contribution in [0.4, 0.5) is 0 Å². The first kappa shape index (κ1) is 14.0. The zero-order chi connectivity index (χ0) is 14.0. The highest BCUT2D eigenvalue weighted by molar-refractivity contribution is 7.91. The Morgan fingerprint density at radius 1 is 1.47 bits per heavy atom. The van der Waals surface area contributed by atoms with Crippen molar-refractivity contribution in [1.29, 1.82) is 0 Å². The second kappa shape index (κ2) is 5.28. The molecule has 5 nitrogen and oxygen atoms in total. The predicted octanol–water partition coefficient (Wildman–Crippen LogP) is 1.53. The molecule has 1 heterocycles. The molecular formula is C13H17NO4S. The number of carbonyl (C=O) groups is 1. The zero-order valence-electron chi connectivity index (χ0n) is 10.7. The molecule has 2 atom stereocenters. The van der Waals surface area contributed by atoms with Crippen molar-refractivity contribution in [1.82, 2.24) is 4.98 Å². The number of hydrogen-bond acceptors (Lipinski definition) is 4. The van der Waals surface area contributed by atoms with Crippen LogP contribution < -0.4 is 0 Å². The summed E-state index contributed by atoms with van der Waals surface area (Å²) in [6.45, 7) is 2.04. The summed E-state index contributed by atoms with van der Waals surface area (Å²) in [4.78, 5) is 14.4. The SMILES string of the molecule is CC1CC1CS(=O)(=O)c1ccc(CCC(=O)O)cn1. The van der Waals surface area contributed by atoms with Gasteiger partial charge in [0.05, 0.1) is 5.75 Å². The summed E-state index contributed by atoms with van der Waals surface area (Å²) in [7, 11) is -3.31. The number of carboxylic acids is 1. The Morgan fingerprint density at radius 2 is 2.16 bits per heavy atom. The molecule has 1 aliphatic carbocycles. The van der Waals surface area contributed by atoms with Crippen molar-refractivity contribution in [3.05, 3.63) is 23.9 Å². The molecule has 0 amide bonds. The van der Waals surface area contributed by atoms with E-state index in [0.29, 0.717) is 12.3 Å². The summed E-state index contributed by atoms with van der Waals surface area (Å²) in [5.41, 5.74) is 0.737. The van der Waals surface area contributed by atoms with Gasteiger partial charge >= 0.3 is 5.97 Å². The van der Waals surface area contributed by atoms with Crippen molar-refractivity contribution in [2.45, 2.75) is 31.2 Å². The lowest BCUT2D eigenvalue weighted by Crippen LogP contribution is -2.11. The predicted molar refractivity (Wildman–Crippen MR) is 69.5 cm³/mol. The third kappa shape index (κ3) is 3.76. The second-order valence-corrected chi connectivity index (χ2v) is 7.13. The average Bonchev–Trinajstić information content (AvgIpc) is 3.02. The van der Waals surface area contributed by atoms with Crippen LogP contribution in [-0.2, 0) is 21.1 Å². The van der Waals surface area contributed by atoms with E-state index >= 15 is 0 Å². The lowest BCUT2D eigenvalue weighted by Gasteiger charge is -2.04. The van der Waals surface area contributed by atoms with Crippen LogP contribution in [0.1, 0.15) is 25.3 Å². The lowest BCUT2D eigenvalue weighted by molar-refractivity contribution is -0.136. The molecule has 19 heavy (non-hydrogen) atoms. The Bertz CT molecular complexity index is 565. The van der Waals surface area contributed by atoms with E-state index in [-0.39, 0.29) is 23.1 Å². The van der Waals surface area contributed by atoms with Crippen molar-refractivity contribution in [2.75, 3.05) is 5.75 Å². The molecule has 0 saturated heterocycles. The summed E-state index contributed by atoms with van der Waals surface area (Å²) in [5, 5.41) is 8.66. The van der Waals surface area contributed by atoms with E-state index in [9.17, 15) is 13.2 Å². The molecule has 1 aromatic heterocycles. The number of aliphatic carboxylic acids is 1. The van der Waals surface area contributed by atoms with Gasteiger partial charge in [0.25, 0.3) is 0 Å². The van der Waals surface area contributed by atoms with Crippen molar-refractivity contribution >= 4 is 15.8 Å². The highest BCUT2D eigenvalue weighted by Crippen LogP contribution is 2.39. The maximum Gasteiger partial charge on any atom is 0.303 e. The van der Waals surface area contributed by atoms with Crippen LogP contribution in [0.2, 0.25) is 0 Å². The molecule has 0 spiro atoms. The van der Waals surface area contributed by atoms with Gasteiger partial charge in [-0.3, -0.25) is 4.79 Å². The number of pyridine rings is 1. The Labute approximate surface area is 112 Å². The fourth-order valence-electron chi connectivity index (χ4n) is 1.99. The normalized spacial score (nSPS) is 22.2. The van der Waals surface area contributed by atoms with Crippen molar-refractivity contribution in [3.8, 4) is 0 Å². The molecule has 0 aromatic carbocycles. The average molecular weight is 283 g/mol. The Kier molecular flexibility index (Phi) is 3.89. The van der Waals surface area contributed by atoms with Gasteiger partial charge in [-0.2, -0.15) is 0 Å². The minimum Gasteiger partial charge on any atom is -0.481 e. The van der Waals surface area contributed by atoms with Gasteiger partial charge in [-0.25, -0.2) is 13.4 Å². The minimum atomic E-state index is -3.31.